The van der Waals surface area contributed by atoms with Gasteiger partial charge in [0.15, 0.2) is 0 Å². The van der Waals surface area contributed by atoms with Crippen molar-refractivity contribution in [1.29, 1.82) is 0 Å². The Kier molecular flexibility index (Phi) is 12.6. The summed E-state index contributed by atoms with van der Waals surface area (Å²) in [5.41, 5.74) is -0.854. The van der Waals surface area contributed by atoms with Crippen LogP contribution in [0.25, 0.3) is 0 Å². The minimum Gasteiger partial charge on any atom is -0.394 e. The second-order valence-corrected chi connectivity index (χ2v) is 15.3. The number of ether oxygens (including phenoxy) is 2. The topological polar surface area (TPSA) is 252 Å². The fraction of sp³-hybridized carbons (Fsp3) is 0.312. The Morgan fingerprint density at radius 2 is 1.31 bits per heavy atom. The van der Waals surface area contributed by atoms with Gasteiger partial charge >= 0.3 is 26.4 Å². The first kappa shape index (κ1) is 39.3. The van der Waals surface area contributed by atoms with Gasteiger partial charge in [0.1, 0.15) is 42.4 Å². The SMILES string of the molecule is O=C(Nc1ccn([C@H]2C[C@H](O[P+](=O)O)[C@@H](COP(O)(=S)O[C@H]3C[C@H](n4ccc(NC(=O)c5ccccc5)nc4=O)O[C@@H]3CO)O2)c(=O)n1)c1ccccc1. The molecule has 2 aromatic carbocycles. The van der Waals surface area contributed by atoms with Crippen molar-refractivity contribution in [3.05, 3.63) is 117 Å². The third-order valence-electron chi connectivity index (χ3n) is 8.27. The van der Waals surface area contributed by atoms with E-state index >= 15 is 0 Å². The highest BCUT2D eigenvalue weighted by Gasteiger charge is 2.45. The van der Waals surface area contributed by atoms with Crippen LogP contribution in [0.4, 0.5) is 11.6 Å². The Morgan fingerprint density at radius 3 is 1.78 bits per heavy atom. The van der Waals surface area contributed by atoms with Crippen molar-refractivity contribution in [2.45, 2.75) is 49.7 Å². The van der Waals surface area contributed by atoms with Crippen molar-refractivity contribution in [2.24, 2.45) is 0 Å². The maximum Gasteiger partial charge on any atom is 0.695 e. The molecular weight excluding hydrogens is 770 g/mol. The zero-order valence-electron chi connectivity index (χ0n) is 27.9. The lowest BCUT2D eigenvalue weighted by Crippen LogP contribution is -2.30. The Morgan fingerprint density at radius 1 is 0.833 bits per heavy atom. The standard InChI is InChI=1S/C32H32N6O13P2S/c39-17-23-22(16-28(48-23)38-14-12-26(36-32(38)43)34-30(41)20-9-5-2-6-10-20)51-53(46,54)47-18-24-21(50-52(44)45)15-27(49-24)37-13-11-25(35-31(37)42)33-29(40)19-7-3-1-4-8-19/h1-14,21-24,27-28,39H,15-18H2,(H3-,33,34,35,36,40,41,42,43,44,45,46,54)/p+1/t21-,22-,23+,24+,27+,28+,53?/m0/s1. The number of carbonyl (C=O) groups excluding carboxylic acids is 2. The van der Waals surface area contributed by atoms with E-state index in [4.69, 9.17) is 34.9 Å². The maximum atomic E-state index is 12.9. The largest absolute Gasteiger partial charge is 0.695 e. The lowest BCUT2D eigenvalue weighted by Gasteiger charge is -2.24. The molecule has 0 radical (unpaired) electrons. The van der Waals surface area contributed by atoms with Crippen molar-refractivity contribution in [3.8, 4) is 0 Å². The number of aliphatic hydroxyl groups excluding tert-OH is 1. The molecule has 284 valence electrons. The van der Waals surface area contributed by atoms with Gasteiger partial charge in [0.05, 0.1) is 19.3 Å². The third-order valence-corrected chi connectivity index (χ3v) is 10.3. The van der Waals surface area contributed by atoms with E-state index in [1.54, 1.807) is 60.7 Å². The number of aromatic nitrogens is 4. The molecule has 0 saturated carbocycles. The molecule has 6 rings (SSSR count). The first-order valence-corrected chi connectivity index (χ1v) is 19.9. The molecule has 0 spiro atoms. The molecule has 2 aliphatic rings. The van der Waals surface area contributed by atoms with Crippen LogP contribution in [-0.2, 0) is 39.4 Å². The fourth-order valence-corrected chi connectivity index (χ4v) is 7.65. The molecule has 2 aliphatic heterocycles. The van der Waals surface area contributed by atoms with Gasteiger partial charge in [-0.2, -0.15) is 9.97 Å². The van der Waals surface area contributed by atoms with Crippen LogP contribution in [-0.4, -0.2) is 83.4 Å². The molecule has 8 atom stereocenters. The predicted molar refractivity (Wildman–Crippen MR) is 192 cm³/mol. The Bertz CT molecular complexity index is 2160. The van der Waals surface area contributed by atoms with E-state index in [9.17, 15) is 38.6 Å². The number of benzene rings is 2. The molecule has 4 heterocycles. The number of anilines is 2. The van der Waals surface area contributed by atoms with Gasteiger partial charge in [-0.25, -0.2) is 9.59 Å². The van der Waals surface area contributed by atoms with Gasteiger partial charge in [-0.1, -0.05) is 36.4 Å². The van der Waals surface area contributed by atoms with Gasteiger partial charge in [-0.15, -0.1) is 9.42 Å². The molecule has 54 heavy (non-hydrogen) atoms. The second-order valence-electron chi connectivity index (χ2n) is 11.8. The second kappa shape index (κ2) is 17.4. The third kappa shape index (κ3) is 9.81. The molecule has 2 saturated heterocycles. The summed E-state index contributed by atoms with van der Waals surface area (Å²) in [5, 5.41) is 15.0. The molecule has 22 heteroatoms. The Balaban J connectivity index is 1.06. The molecule has 2 aromatic heterocycles. The Hall–Kier alpha value is -4.43. The van der Waals surface area contributed by atoms with Gasteiger partial charge in [0, 0.05) is 40.9 Å². The number of hydrogen-bond acceptors (Lipinski definition) is 14. The Labute approximate surface area is 311 Å². The van der Waals surface area contributed by atoms with Crippen molar-refractivity contribution in [2.75, 3.05) is 23.8 Å². The van der Waals surface area contributed by atoms with Crippen molar-refractivity contribution in [3.63, 3.8) is 0 Å². The fourth-order valence-electron chi connectivity index (χ4n) is 5.72. The van der Waals surface area contributed by atoms with E-state index in [0.717, 1.165) is 9.13 Å². The van der Waals surface area contributed by atoms with E-state index in [2.05, 4.69) is 20.6 Å². The molecule has 2 unspecified atom stereocenters. The van der Waals surface area contributed by atoms with Gasteiger partial charge in [0.25, 0.3) is 11.8 Å². The van der Waals surface area contributed by atoms with Crippen LogP contribution in [0.1, 0.15) is 46.0 Å². The number of amides is 2. The summed E-state index contributed by atoms with van der Waals surface area (Å²) in [7, 11) is -3.12. The summed E-state index contributed by atoms with van der Waals surface area (Å²) < 4.78 is 41.8. The summed E-state index contributed by atoms with van der Waals surface area (Å²) in [4.78, 5) is 78.9. The van der Waals surface area contributed by atoms with E-state index in [1.807, 2.05) is 0 Å². The quantitative estimate of drug-likeness (QED) is 0.115. The molecule has 0 aliphatic carbocycles. The molecule has 2 fully saturated rings. The van der Waals surface area contributed by atoms with Crippen LogP contribution >= 0.6 is 15.0 Å². The van der Waals surface area contributed by atoms with E-state index < -0.39 is 88.3 Å². The molecule has 19 nitrogen and oxygen atoms in total. The summed E-state index contributed by atoms with van der Waals surface area (Å²) in [6.45, 7) is -5.22. The summed E-state index contributed by atoms with van der Waals surface area (Å²) >= 11 is 5.21. The lowest BCUT2D eigenvalue weighted by atomic mass is 10.2. The normalized spacial score (nSPS) is 23.7. The lowest BCUT2D eigenvalue weighted by molar-refractivity contribution is -0.0514. The highest BCUT2D eigenvalue weighted by atomic mass is 32.5. The van der Waals surface area contributed by atoms with Crippen LogP contribution in [0.15, 0.2) is 94.8 Å². The molecule has 5 N–H and O–H groups in total. The smallest absolute Gasteiger partial charge is 0.394 e. The first-order valence-electron chi connectivity index (χ1n) is 16.2. The molecule has 0 bridgehead atoms. The van der Waals surface area contributed by atoms with Crippen LogP contribution in [0.2, 0.25) is 0 Å². The van der Waals surface area contributed by atoms with Crippen LogP contribution in [0, 0.1) is 0 Å². The van der Waals surface area contributed by atoms with Crippen LogP contribution < -0.4 is 22.0 Å². The van der Waals surface area contributed by atoms with Crippen molar-refractivity contribution in [1.82, 2.24) is 19.1 Å². The summed E-state index contributed by atoms with van der Waals surface area (Å²) in [6, 6.07) is 19.4. The minimum atomic E-state index is -4.14. The van der Waals surface area contributed by atoms with Crippen LogP contribution in [0.3, 0.4) is 0 Å². The number of nitrogens with one attached hydrogen (secondary N) is 2. The van der Waals surface area contributed by atoms with Crippen molar-refractivity contribution >= 4 is 50.2 Å². The molecule has 2 amide bonds. The number of hydrogen-bond donors (Lipinski definition) is 5. The van der Waals surface area contributed by atoms with Crippen LogP contribution in [0.5, 0.6) is 0 Å². The van der Waals surface area contributed by atoms with Gasteiger partial charge in [-0.05, 0) is 48.2 Å². The monoisotopic (exact) mass is 803 g/mol. The average molecular weight is 804 g/mol. The summed E-state index contributed by atoms with van der Waals surface area (Å²) in [5.74, 6) is -0.957. The van der Waals surface area contributed by atoms with E-state index in [-0.39, 0.29) is 24.5 Å². The first-order chi connectivity index (χ1) is 25.9. The highest BCUT2D eigenvalue weighted by Crippen LogP contribution is 2.49. The molecule has 4 aromatic rings. The molecular formula is C32H33N6O13P2S+. The maximum absolute atomic E-state index is 12.9. The van der Waals surface area contributed by atoms with Gasteiger partial charge in [0.2, 0.25) is 0 Å². The van der Waals surface area contributed by atoms with Crippen molar-refractivity contribution < 1.29 is 52.1 Å². The van der Waals surface area contributed by atoms with Gasteiger partial charge in [-0.3, -0.25) is 18.7 Å². The average Bonchev–Trinajstić information content (AvgIpc) is 3.74. The number of carbonyl (C=O) groups is 2. The van der Waals surface area contributed by atoms with Gasteiger partial charge < -0.3 is 39.2 Å². The predicted octanol–water partition coefficient (Wildman–Crippen LogP) is 2.23. The number of rotatable bonds is 14. The minimum absolute atomic E-state index is 0.00347. The number of aliphatic hydroxyl groups is 1. The van der Waals surface area contributed by atoms with E-state index in [1.165, 1.54) is 24.5 Å². The van der Waals surface area contributed by atoms with E-state index in [0.29, 0.717) is 11.1 Å². The number of nitrogens with zero attached hydrogens (tertiary/aromatic N) is 4. The zero-order chi connectivity index (χ0) is 38.4. The summed E-state index contributed by atoms with van der Waals surface area (Å²) in [6.07, 6.45) is -3.89. The zero-order valence-corrected chi connectivity index (χ0v) is 30.5. The highest BCUT2D eigenvalue weighted by molar-refractivity contribution is 8.07.